The van der Waals surface area contributed by atoms with Crippen LogP contribution >= 0.6 is 15.9 Å². The minimum atomic E-state index is -0.0897. The highest BCUT2D eigenvalue weighted by molar-refractivity contribution is 9.10. The quantitative estimate of drug-likeness (QED) is 0.860. The molecular formula is C17H24BrFN2. The monoisotopic (exact) mass is 354 g/mol. The van der Waals surface area contributed by atoms with Gasteiger partial charge in [0, 0.05) is 28.7 Å². The van der Waals surface area contributed by atoms with Gasteiger partial charge in [-0.3, -0.25) is 4.90 Å². The Labute approximate surface area is 135 Å². The molecule has 2 nitrogen and oxygen atoms in total. The highest BCUT2D eigenvalue weighted by atomic mass is 79.9. The molecule has 1 spiro atoms. The third kappa shape index (κ3) is 3.85. The molecule has 1 saturated carbocycles. The van der Waals surface area contributed by atoms with Crippen LogP contribution in [0.15, 0.2) is 22.7 Å². The van der Waals surface area contributed by atoms with Gasteiger partial charge in [-0.15, -0.1) is 0 Å². The van der Waals surface area contributed by atoms with Crippen molar-refractivity contribution in [1.29, 1.82) is 0 Å². The average Bonchev–Trinajstić information content (AvgIpc) is 2.66. The van der Waals surface area contributed by atoms with Crippen LogP contribution < -0.4 is 5.32 Å². The molecule has 1 aromatic carbocycles. The Morgan fingerprint density at radius 3 is 2.81 bits per heavy atom. The summed E-state index contributed by atoms with van der Waals surface area (Å²) in [6, 6.07) is 5.25. The zero-order valence-corrected chi connectivity index (χ0v) is 14.1. The predicted molar refractivity (Wildman–Crippen MR) is 87.8 cm³/mol. The summed E-state index contributed by atoms with van der Waals surface area (Å²) >= 11 is 3.45. The van der Waals surface area contributed by atoms with Crippen LogP contribution in [0.4, 0.5) is 4.39 Å². The lowest BCUT2D eigenvalue weighted by Gasteiger charge is -2.40. The van der Waals surface area contributed by atoms with Crippen molar-refractivity contribution in [3.8, 4) is 0 Å². The minimum absolute atomic E-state index is 0.0897. The molecule has 2 aliphatic rings. The second kappa shape index (κ2) is 6.76. The van der Waals surface area contributed by atoms with Gasteiger partial charge in [0.05, 0.1) is 0 Å². The fraction of sp³-hybridized carbons (Fsp3) is 0.647. The number of hydrogen-bond acceptors (Lipinski definition) is 2. The van der Waals surface area contributed by atoms with Gasteiger partial charge in [0.2, 0.25) is 0 Å². The first kappa shape index (κ1) is 15.4. The first-order valence-corrected chi connectivity index (χ1v) is 8.88. The molecule has 0 unspecified atom stereocenters. The molecule has 1 N–H and O–H groups in total. The van der Waals surface area contributed by atoms with E-state index < -0.39 is 0 Å². The number of nitrogens with one attached hydrogen (secondary N) is 1. The average molecular weight is 355 g/mol. The molecule has 0 radical (unpaired) electrons. The van der Waals surface area contributed by atoms with Gasteiger partial charge in [0.25, 0.3) is 0 Å². The number of halogens is 2. The molecule has 1 aliphatic carbocycles. The Kier molecular flexibility index (Phi) is 4.97. The number of benzene rings is 1. The van der Waals surface area contributed by atoms with Gasteiger partial charge in [-0.05, 0) is 50.6 Å². The van der Waals surface area contributed by atoms with Crippen molar-refractivity contribution in [2.24, 2.45) is 0 Å². The molecule has 1 heterocycles. The highest BCUT2D eigenvalue weighted by Gasteiger charge is 2.34. The highest BCUT2D eigenvalue weighted by Crippen LogP contribution is 2.31. The second-order valence-electron chi connectivity index (χ2n) is 6.57. The molecule has 2 fully saturated rings. The molecule has 0 amide bonds. The van der Waals surface area contributed by atoms with E-state index in [0.717, 1.165) is 36.1 Å². The van der Waals surface area contributed by atoms with E-state index in [1.165, 1.54) is 32.1 Å². The van der Waals surface area contributed by atoms with Crippen molar-refractivity contribution in [3.05, 3.63) is 34.1 Å². The van der Waals surface area contributed by atoms with E-state index in [1.54, 1.807) is 12.1 Å². The first-order chi connectivity index (χ1) is 10.2. The van der Waals surface area contributed by atoms with E-state index >= 15 is 0 Å². The Morgan fingerprint density at radius 1 is 1.19 bits per heavy atom. The third-order valence-corrected chi connectivity index (χ3v) is 5.38. The van der Waals surface area contributed by atoms with Gasteiger partial charge in [-0.2, -0.15) is 0 Å². The number of nitrogens with zero attached hydrogens (tertiary/aromatic N) is 1. The van der Waals surface area contributed by atoms with Crippen molar-refractivity contribution in [1.82, 2.24) is 10.2 Å². The largest absolute Gasteiger partial charge is 0.310 e. The Bertz CT molecular complexity index is 486. The lowest BCUT2D eigenvalue weighted by molar-refractivity contribution is 0.158. The zero-order chi connectivity index (χ0) is 14.7. The maximum Gasteiger partial charge on any atom is 0.127 e. The van der Waals surface area contributed by atoms with Crippen molar-refractivity contribution >= 4 is 15.9 Å². The maximum atomic E-state index is 14.0. The van der Waals surface area contributed by atoms with Gasteiger partial charge < -0.3 is 5.32 Å². The van der Waals surface area contributed by atoms with Crippen molar-refractivity contribution in [2.45, 2.75) is 50.6 Å². The van der Waals surface area contributed by atoms with E-state index in [4.69, 9.17) is 0 Å². The van der Waals surface area contributed by atoms with Gasteiger partial charge >= 0.3 is 0 Å². The van der Waals surface area contributed by atoms with E-state index in [0.29, 0.717) is 6.54 Å². The Balaban J connectivity index is 1.73. The van der Waals surface area contributed by atoms with Crippen molar-refractivity contribution in [3.63, 3.8) is 0 Å². The normalized spacial score (nSPS) is 23.1. The van der Waals surface area contributed by atoms with Crippen LogP contribution in [0.3, 0.4) is 0 Å². The second-order valence-corrected chi connectivity index (χ2v) is 7.48. The summed E-state index contributed by atoms with van der Waals surface area (Å²) in [6.45, 7) is 3.92. The molecule has 116 valence electrons. The van der Waals surface area contributed by atoms with Crippen LogP contribution in [-0.2, 0) is 6.54 Å². The van der Waals surface area contributed by atoms with E-state index in [-0.39, 0.29) is 11.4 Å². The lowest BCUT2D eigenvalue weighted by Crippen LogP contribution is -2.52. The molecular weight excluding hydrogens is 331 g/mol. The molecule has 1 aromatic rings. The molecule has 4 heteroatoms. The molecule has 1 aliphatic heterocycles. The SMILES string of the molecule is Fc1ccc(Br)cc1CN1CCCNC2(CCCCC2)C1. The van der Waals surface area contributed by atoms with Crippen LogP contribution in [0.5, 0.6) is 0 Å². The van der Waals surface area contributed by atoms with E-state index in [9.17, 15) is 4.39 Å². The molecule has 1 saturated heterocycles. The summed E-state index contributed by atoms with van der Waals surface area (Å²) in [5.41, 5.74) is 1.08. The molecule has 3 rings (SSSR count). The van der Waals surface area contributed by atoms with Crippen LogP contribution in [0.1, 0.15) is 44.1 Å². The van der Waals surface area contributed by atoms with Gasteiger partial charge in [0.1, 0.15) is 5.82 Å². The van der Waals surface area contributed by atoms with Crippen LogP contribution in [0, 0.1) is 5.82 Å². The van der Waals surface area contributed by atoms with Crippen molar-refractivity contribution < 1.29 is 4.39 Å². The summed E-state index contributed by atoms with van der Waals surface area (Å²) in [5, 5.41) is 3.79. The standard InChI is InChI=1S/C17H24BrFN2/c18-15-5-6-16(19)14(11-15)12-21-10-4-9-20-17(13-21)7-2-1-3-8-17/h5-6,11,20H,1-4,7-10,12-13H2. The van der Waals surface area contributed by atoms with Crippen molar-refractivity contribution in [2.75, 3.05) is 19.6 Å². The maximum absolute atomic E-state index is 14.0. The van der Waals surface area contributed by atoms with Gasteiger partial charge in [-0.25, -0.2) is 4.39 Å². The summed E-state index contributed by atoms with van der Waals surface area (Å²) in [4.78, 5) is 2.44. The smallest absolute Gasteiger partial charge is 0.127 e. The summed E-state index contributed by atoms with van der Waals surface area (Å²) < 4.78 is 15.0. The Morgan fingerprint density at radius 2 is 2.00 bits per heavy atom. The van der Waals surface area contributed by atoms with E-state index in [1.807, 2.05) is 6.07 Å². The van der Waals surface area contributed by atoms with Gasteiger partial charge in [0.15, 0.2) is 0 Å². The number of hydrogen-bond donors (Lipinski definition) is 1. The van der Waals surface area contributed by atoms with Crippen LogP contribution in [-0.4, -0.2) is 30.1 Å². The summed E-state index contributed by atoms with van der Waals surface area (Å²) in [6.07, 6.45) is 7.70. The molecule has 21 heavy (non-hydrogen) atoms. The lowest BCUT2D eigenvalue weighted by atomic mass is 9.81. The summed E-state index contributed by atoms with van der Waals surface area (Å²) in [7, 11) is 0. The predicted octanol–water partition coefficient (Wildman–Crippen LogP) is 4.09. The Hall–Kier alpha value is -0.450. The third-order valence-electron chi connectivity index (χ3n) is 4.89. The minimum Gasteiger partial charge on any atom is -0.310 e. The fourth-order valence-corrected chi connectivity index (χ4v) is 4.23. The number of rotatable bonds is 2. The molecule has 0 aromatic heterocycles. The fourth-order valence-electron chi connectivity index (χ4n) is 3.82. The van der Waals surface area contributed by atoms with Crippen LogP contribution in [0.2, 0.25) is 0 Å². The van der Waals surface area contributed by atoms with Crippen LogP contribution in [0.25, 0.3) is 0 Å². The van der Waals surface area contributed by atoms with E-state index in [2.05, 4.69) is 26.1 Å². The summed E-state index contributed by atoms with van der Waals surface area (Å²) in [5.74, 6) is -0.0897. The zero-order valence-electron chi connectivity index (χ0n) is 12.5. The molecule has 0 atom stereocenters. The first-order valence-electron chi connectivity index (χ1n) is 8.08. The molecule has 0 bridgehead atoms. The van der Waals surface area contributed by atoms with Gasteiger partial charge in [-0.1, -0.05) is 35.2 Å². The topological polar surface area (TPSA) is 15.3 Å².